The van der Waals surface area contributed by atoms with Gasteiger partial charge in [0.15, 0.2) is 0 Å². The Labute approximate surface area is 51.8 Å². The van der Waals surface area contributed by atoms with Gasteiger partial charge in [-0.3, -0.25) is 5.32 Å². The summed E-state index contributed by atoms with van der Waals surface area (Å²) >= 11 is 0. The quantitative estimate of drug-likeness (QED) is 0.503. The van der Waals surface area contributed by atoms with Crippen molar-refractivity contribution in [3.8, 4) is 0 Å². The van der Waals surface area contributed by atoms with Crippen LogP contribution in [0.4, 0.5) is 0 Å². The molecule has 1 unspecified atom stereocenters. The summed E-state index contributed by atoms with van der Waals surface area (Å²) in [6.45, 7) is 1.43. The third-order valence-electron chi connectivity index (χ3n) is 1.11. The zero-order valence-electron chi connectivity index (χ0n) is 4.76. The Morgan fingerprint density at radius 2 is 2.62 bits per heavy atom. The number of aliphatic hydroxyl groups is 1. The van der Waals surface area contributed by atoms with Gasteiger partial charge in [-0.25, -0.2) is 0 Å². The van der Waals surface area contributed by atoms with Crippen LogP contribution in [-0.4, -0.2) is 35.3 Å². The molecular weight excluding hydrogens is 122 g/mol. The topological polar surface area (TPSA) is 32.3 Å². The second-order valence-corrected chi connectivity index (χ2v) is 3.87. The van der Waals surface area contributed by atoms with Crippen molar-refractivity contribution in [3.05, 3.63) is 0 Å². The smallest absolute Gasteiger partial charge is 0.0517 e. The molecule has 48 valence electrons. The van der Waals surface area contributed by atoms with Crippen molar-refractivity contribution in [2.45, 2.75) is 0 Å². The summed E-state index contributed by atoms with van der Waals surface area (Å²) in [5.41, 5.74) is 2.11. The van der Waals surface area contributed by atoms with Crippen LogP contribution in [0.3, 0.4) is 0 Å². The maximum Gasteiger partial charge on any atom is 0.0517 e. The van der Waals surface area contributed by atoms with Crippen LogP contribution in [0.5, 0.6) is 0 Å². The third-order valence-corrected chi connectivity index (χ3v) is 3.05. The van der Waals surface area contributed by atoms with Crippen LogP contribution in [0.25, 0.3) is 0 Å². The molecular formula is C5H11NOS. The van der Waals surface area contributed by atoms with E-state index in [0.717, 1.165) is 12.3 Å². The molecule has 0 aromatic rings. The molecule has 0 amide bonds. The van der Waals surface area contributed by atoms with Crippen molar-refractivity contribution in [3.63, 3.8) is 0 Å². The van der Waals surface area contributed by atoms with Crippen molar-refractivity contribution in [1.82, 2.24) is 5.32 Å². The Bertz CT molecular complexity index is 103. The highest BCUT2D eigenvalue weighted by molar-refractivity contribution is 8.15. The van der Waals surface area contributed by atoms with Gasteiger partial charge < -0.3 is 5.11 Å². The molecule has 8 heavy (non-hydrogen) atoms. The van der Waals surface area contributed by atoms with Gasteiger partial charge in [0.2, 0.25) is 0 Å². The van der Waals surface area contributed by atoms with Crippen LogP contribution in [0.1, 0.15) is 0 Å². The van der Waals surface area contributed by atoms with Crippen molar-refractivity contribution in [2.24, 2.45) is 0 Å². The maximum atomic E-state index is 8.49. The number of hydrogen-bond donors (Lipinski definition) is 2. The zero-order valence-corrected chi connectivity index (χ0v) is 5.58. The molecule has 1 heterocycles. The number of nitrogens with one attached hydrogen (secondary N) is 1. The zero-order chi connectivity index (χ0) is 5.82. The summed E-state index contributed by atoms with van der Waals surface area (Å²) in [4.78, 5) is 0. The van der Waals surface area contributed by atoms with Crippen LogP contribution in [0.15, 0.2) is 0 Å². The average Bonchev–Trinajstić information content (AvgIpc) is 2.19. The van der Waals surface area contributed by atoms with Gasteiger partial charge in [-0.15, -0.1) is 0 Å². The third kappa shape index (κ3) is 1.58. The van der Waals surface area contributed by atoms with Crippen molar-refractivity contribution < 1.29 is 5.11 Å². The summed E-state index contributed by atoms with van der Waals surface area (Å²) in [7, 11) is 0.387. The van der Waals surface area contributed by atoms with Gasteiger partial charge in [0.05, 0.1) is 6.61 Å². The predicted molar refractivity (Wildman–Crippen MR) is 38.5 cm³/mol. The second-order valence-electron chi connectivity index (χ2n) is 1.74. The van der Waals surface area contributed by atoms with Gasteiger partial charge in [-0.1, -0.05) is 0 Å². The Hall–Kier alpha value is 0.140. The first-order valence-electron chi connectivity index (χ1n) is 2.77. The molecule has 0 fully saturated rings. The van der Waals surface area contributed by atoms with Crippen molar-refractivity contribution in [1.29, 1.82) is 0 Å². The van der Waals surface area contributed by atoms with E-state index in [4.69, 9.17) is 5.11 Å². The summed E-state index contributed by atoms with van der Waals surface area (Å²) in [5.74, 6) is 2.17. The van der Waals surface area contributed by atoms with Crippen LogP contribution < -0.4 is 5.32 Å². The molecule has 0 radical (unpaired) electrons. The lowest BCUT2D eigenvalue weighted by Gasteiger charge is -1.94. The molecule has 0 spiro atoms. The predicted octanol–water partition coefficient (Wildman–Crippen LogP) is -0.390. The lowest BCUT2D eigenvalue weighted by Crippen LogP contribution is -2.04. The Kier molecular flexibility index (Phi) is 2.52. The highest BCUT2D eigenvalue weighted by atomic mass is 32.2. The highest BCUT2D eigenvalue weighted by Gasteiger charge is 1.98. The van der Waals surface area contributed by atoms with E-state index in [1.54, 1.807) is 0 Å². The maximum absolute atomic E-state index is 8.49. The van der Waals surface area contributed by atoms with E-state index in [2.05, 4.69) is 10.8 Å². The summed E-state index contributed by atoms with van der Waals surface area (Å²) in [6, 6.07) is 0. The molecule has 1 rings (SSSR count). The lowest BCUT2D eigenvalue weighted by atomic mass is 10.8. The summed E-state index contributed by atoms with van der Waals surface area (Å²) in [6.07, 6.45) is 0. The molecule has 0 bridgehead atoms. The van der Waals surface area contributed by atoms with Gasteiger partial charge >= 0.3 is 0 Å². The summed E-state index contributed by atoms with van der Waals surface area (Å²) < 4.78 is 0. The van der Waals surface area contributed by atoms with E-state index < -0.39 is 0 Å². The fourth-order valence-corrected chi connectivity index (χ4v) is 2.11. The minimum absolute atomic E-state index is 0.335. The first-order chi connectivity index (χ1) is 3.93. The second kappa shape index (κ2) is 3.22. The van der Waals surface area contributed by atoms with Gasteiger partial charge in [0, 0.05) is 23.5 Å². The lowest BCUT2D eigenvalue weighted by molar-refractivity contribution is 0.322. The molecule has 1 aliphatic heterocycles. The molecule has 1 aliphatic rings. The Balaban J connectivity index is 2.23. The van der Waals surface area contributed by atoms with Gasteiger partial charge in [-0.05, 0) is 0 Å². The normalized spacial score (nSPS) is 27.9. The van der Waals surface area contributed by atoms with Crippen molar-refractivity contribution in [2.75, 3.05) is 24.7 Å². The van der Waals surface area contributed by atoms with Gasteiger partial charge in [0.25, 0.3) is 0 Å². The van der Waals surface area contributed by atoms with Crippen LogP contribution in [-0.2, 0) is 0 Å². The first kappa shape index (κ1) is 6.26. The van der Waals surface area contributed by atoms with E-state index in [-0.39, 0.29) is 0 Å². The molecule has 0 aliphatic carbocycles. The summed E-state index contributed by atoms with van der Waals surface area (Å²) in [5, 5.41) is 11.6. The number of rotatable bonds is 2. The van der Waals surface area contributed by atoms with Crippen LogP contribution in [0.2, 0.25) is 0 Å². The van der Waals surface area contributed by atoms with E-state index >= 15 is 0 Å². The standard InChI is InChI=1S/C5H11NOS/c7-2-4-8-3-1-6-5-8/h5-7H,1-4H2. The molecule has 0 saturated carbocycles. The minimum atomic E-state index is 0.335. The fraction of sp³-hybridized carbons (Fsp3) is 0.800. The van der Waals surface area contributed by atoms with Gasteiger partial charge in [0.1, 0.15) is 0 Å². The molecule has 1 atom stereocenters. The molecule has 3 heteroatoms. The molecule has 0 aromatic carbocycles. The average molecular weight is 133 g/mol. The Morgan fingerprint density at radius 3 is 3.12 bits per heavy atom. The number of aliphatic hydroxyl groups excluding tert-OH is 1. The van der Waals surface area contributed by atoms with E-state index in [9.17, 15) is 0 Å². The van der Waals surface area contributed by atoms with Gasteiger partial charge in [-0.2, -0.15) is 10.5 Å². The van der Waals surface area contributed by atoms with E-state index in [1.165, 1.54) is 5.75 Å². The largest absolute Gasteiger partial charge is 0.396 e. The fourth-order valence-electron chi connectivity index (χ4n) is 0.704. The Morgan fingerprint density at radius 1 is 1.75 bits per heavy atom. The van der Waals surface area contributed by atoms with E-state index in [1.807, 2.05) is 0 Å². The molecule has 0 saturated heterocycles. The van der Waals surface area contributed by atoms with E-state index in [0.29, 0.717) is 17.1 Å². The first-order valence-corrected chi connectivity index (χ1v) is 4.40. The number of hydrogen-bond acceptors (Lipinski definition) is 2. The van der Waals surface area contributed by atoms with Crippen LogP contribution >= 0.6 is 10.5 Å². The van der Waals surface area contributed by atoms with Crippen LogP contribution in [0, 0.1) is 0 Å². The van der Waals surface area contributed by atoms with Crippen molar-refractivity contribution >= 4 is 16.0 Å². The highest BCUT2D eigenvalue weighted by Crippen LogP contribution is 2.11. The monoisotopic (exact) mass is 133 g/mol. The minimum Gasteiger partial charge on any atom is -0.396 e. The molecule has 2 N–H and O–H groups in total. The molecule has 2 nitrogen and oxygen atoms in total. The molecule has 0 aromatic heterocycles. The SMILES string of the molecule is OCCS1=CNCC1.